The zero-order valence-electron chi connectivity index (χ0n) is 39.0. The number of H-pyrrole nitrogens is 2. The topological polar surface area (TPSA) is 193 Å². The van der Waals surface area contributed by atoms with Crippen LogP contribution in [-0.2, 0) is 35.0 Å². The van der Waals surface area contributed by atoms with Gasteiger partial charge in [-0.1, -0.05) is 70.2 Å². The molecule has 3 saturated heterocycles. The number of aromatic nitrogens is 4. The number of hydrogen-bond donors (Lipinski definition) is 4. The van der Waals surface area contributed by atoms with Crippen LogP contribution in [0.2, 0.25) is 0 Å². The maximum absolute atomic E-state index is 14.1. The molecule has 0 radical (unpaired) electrons. The van der Waals surface area contributed by atoms with Crippen LogP contribution >= 0.6 is 0 Å². The molecule has 2 unspecified atom stereocenters. The molecule has 2 aromatic heterocycles. The van der Waals surface area contributed by atoms with Gasteiger partial charge in [-0.05, 0) is 107 Å². The third kappa shape index (κ3) is 8.11. The van der Waals surface area contributed by atoms with Crippen LogP contribution < -0.4 is 10.6 Å². The summed E-state index contributed by atoms with van der Waals surface area (Å²) in [5, 5.41) is 5.46. The minimum atomic E-state index is -0.933. The van der Waals surface area contributed by atoms with Crippen molar-refractivity contribution < 1.29 is 38.1 Å². The van der Waals surface area contributed by atoms with Gasteiger partial charge in [-0.15, -0.1) is 0 Å². The molecule has 4 amide bonds. The van der Waals surface area contributed by atoms with Crippen LogP contribution in [0.15, 0.2) is 60.8 Å². The molecule has 5 aliphatic rings. The number of carbonyl (C=O) groups is 4. The summed E-state index contributed by atoms with van der Waals surface area (Å²) in [4.78, 5) is 72.7. The highest BCUT2D eigenvalue weighted by atomic mass is 16.7. The highest BCUT2D eigenvalue weighted by Gasteiger charge is 2.53. The second-order valence-electron chi connectivity index (χ2n) is 19.5. The Morgan fingerprint density at radius 2 is 1.42 bits per heavy atom. The highest BCUT2D eigenvalue weighted by molar-refractivity contribution is 5.89. The van der Waals surface area contributed by atoms with E-state index in [4.69, 9.17) is 28.9 Å². The monoisotopic (exact) mass is 912 g/mol. The van der Waals surface area contributed by atoms with E-state index < -0.39 is 36.1 Å². The number of ether oxygens (including phenoxy) is 4. The van der Waals surface area contributed by atoms with Gasteiger partial charge in [0.1, 0.15) is 23.7 Å². The summed E-state index contributed by atoms with van der Waals surface area (Å²) in [7, 11) is 2.59. The third-order valence-corrected chi connectivity index (χ3v) is 14.9. The zero-order chi connectivity index (χ0) is 46.7. The van der Waals surface area contributed by atoms with E-state index in [2.05, 4.69) is 75.2 Å². The number of nitrogens with zero attached hydrogens (tertiary/aromatic N) is 4. The lowest BCUT2D eigenvalue weighted by atomic mass is 9.73. The smallest absolute Gasteiger partial charge is 0.407 e. The molecule has 1 spiro atoms. The van der Waals surface area contributed by atoms with Crippen LogP contribution in [0.25, 0.3) is 44.5 Å². The Morgan fingerprint density at radius 1 is 0.761 bits per heavy atom. The quantitative estimate of drug-likeness (QED) is 0.102. The van der Waals surface area contributed by atoms with E-state index in [0.717, 1.165) is 58.5 Å². The summed E-state index contributed by atoms with van der Waals surface area (Å²) < 4.78 is 21.8. The van der Waals surface area contributed by atoms with Gasteiger partial charge in [-0.2, -0.15) is 0 Å². The maximum Gasteiger partial charge on any atom is 0.407 e. The Bertz CT molecular complexity index is 2700. The van der Waals surface area contributed by atoms with Gasteiger partial charge >= 0.3 is 12.2 Å². The highest BCUT2D eigenvalue weighted by Crippen LogP contribution is 2.56. The first-order valence-electron chi connectivity index (χ1n) is 23.7. The fraction of sp³-hybridized carbons (Fsp3) is 0.490. The Balaban J connectivity index is 0.896. The summed E-state index contributed by atoms with van der Waals surface area (Å²) >= 11 is 0. The van der Waals surface area contributed by atoms with Gasteiger partial charge < -0.3 is 49.3 Å². The van der Waals surface area contributed by atoms with Crippen molar-refractivity contribution in [3.63, 3.8) is 0 Å². The van der Waals surface area contributed by atoms with Gasteiger partial charge in [0.15, 0.2) is 5.79 Å². The van der Waals surface area contributed by atoms with E-state index in [0.29, 0.717) is 43.8 Å². The lowest BCUT2D eigenvalue weighted by Gasteiger charge is -2.31. The van der Waals surface area contributed by atoms with Crippen LogP contribution in [-0.4, -0.2) is 112 Å². The lowest BCUT2D eigenvalue weighted by molar-refractivity contribution is -0.153. The summed E-state index contributed by atoms with van der Waals surface area (Å²) in [6.45, 7) is 9.31. The first kappa shape index (κ1) is 44.6. The molecule has 10 rings (SSSR count). The predicted octanol–water partition coefficient (Wildman–Crippen LogP) is 7.78. The molecule has 2 aliphatic carbocycles. The van der Waals surface area contributed by atoms with Gasteiger partial charge in [-0.25, -0.2) is 19.6 Å². The van der Waals surface area contributed by atoms with Gasteiger partial charge in [0.2, 0.25) is 11.8 Å². The van der Waals surface area contributed by atoms with Crippen molar-refractivity contribution in [2.75, 3.05) is 40.5 Å². The van der Waals surface area contributed by atoms with Crippen molar-refractivity contribution in [3.05, 3.63) is 83.6 Å². The summed E-state index contributed by atoms with van der Waals surface area (Å²) in [6, 6.07) is 17.4. The SMILES string of the molecule is COC(=O)N[C@H](C(=O)N1CC2(C[C@H]1c1ncc(-c3ccc(-c4ccc(-c5ccc6nc([C@@H]7CCCN7C(=O)[C@@H](NC(=O)OC)C(C)C)[nH]c6c5)c5c4C4CCC4C5)cc3)[nH]1)OCCO2)C(C)C. The van der Waals surface area contributed by atoms with Crippen LogP contribution in [0.3, 0.4) is 0 Å². The van der Waals surface area contributed by atoms with Crippen LogP contribution in [0.4, 0.5) is 9.59 Å². The molecule has 6 atom stereocenters. The molecule has 5 heterocycles. The van der Waals surface area contributed by atoms with Crippen molar-refractivity contribution in [3.8, 4) is 33.5 Å². The number of aromatic amines is 2. The van der Waals surface area contributed by atoms with Crippen LogP contribution in [0.5, 0.6) is 0 Å². The third-order valence-electron chi connectivity index (χ3n) is 14.9. The summed E-state index contributed by atoms with van der Waals surface area (Å²) in [5.41, 5.74) is 11.3. The van der Waals surface area contributed by atoms with E-state index in [1.54, 1.807) is 4.90 Å². The molecule has 16 nitrogen and oxygen atoms in total. The maximum atomic E-state index is 14.1. The Kier molecular flexibility index (Phi) is 11.8. The van der Waals surface area contributed by atoms with Gasteiger partial charge in [0, 0.05) is 13.0 Å². The standard InChI is InChI=1S/C51H60N8O8/c1-27(2)43(56-49(62)64-5)47(60)58-19-7-8-40(58)46-53-37-18-14-32(23-38(37)54-46)33-16-17-34(42-35-15-13-31(35)22-36(33)42)29-9-11-30(12-10-29)39-25-52-45(55-39)41-24-51(66-20-21-67-51)26-59(41)48(61)44(28(3)4)57-50(63)65-6/h9-12,14,16-18,23,25,27-28,31,35,40-41,43-44H,7-8,13,15,19-22,24,26H2,1-6H3,(H,52,55)(H,53,54)(H,56,62)(H,57,63)/t31?,35?,40-,41-,43-,44-/m0/s1. The summed E-state index contributed by atoms with van der Waals surface area (Å²) in [5.74, 6) is 0.944. The summed E-state index contributed by atoms with van der Waals surface area (Å²) in [6.07, 6.45) is 6.04. The Hall–Kier alpha value is -6.26. The molecule has 67 heavy (non-hydrogen) atoms. The van der Waals surface area contributed by atoms with Crippen molar-refractivity contribution in [1.82, 2.24) is 40.4 Å². The van der Waals surface area contributed by atoms with E-state index in [1.807, 2.05) is 38.8 Å². The number of hydrogen-bond acceptors (Lipinski definition) is 10. The second-order valence-corrected chi connectivity index (χ2v) is 19.5. The molecule has 1 saturated carbocycles. The number of rotatable bonds is 11. The lowest BCUT2D eigenvalue weighted by Crippen LogP contribution is -2.52. The number of imidazole rings is 2. The largest absolute Gasteiger partial charge is 0.453 e. The number of nitrogens with one attached hydrogen (secondary N) is 4. The molecular formula is C51H60N8O8. The minimum Gasteiger partial charge on any atom is -0.453 e. The average molecular weight is 913 g/mol. The number of methoxy groups -OCH3 is 2. The van der Waals surface area contributed by atoms with Crippen molar-refractivity contribution >= 4 is 35.0 Å². The molecule has 5 aromatic rings. The number of carbonyl (C=O) groups excluding carboxylic acids is 4. The fourth-order valence-corrected chi connectivity index (χ4v) is 11.2. The van der Waals surface area contributed by atoms with Crippen LogP contribution in [0, 0.1) is 17.8 Å². The van der Waals surface area contributed by atoms with Crippen molar-refractivity contribution in [2.45, 2.75) is 102 Å². The molecule has 4 N–H and O–H groups in total. The van der Waals surface area contributed by atoms with Gasteiger partial charge in [0.25, 0.3) is 0 Å². The molecule has 352 valence electrons. The van der Waals surface area contributed by atoms with Crippen LogP contribution in [0.1, 0.15) is 101 Å². The normalized spacial score (nSPS) is 22.5. The van der Waals surface area contributed by atoms with Crippen molar-refractivity contribution in [1.29, 1.82) is 0 Å². The molecular weight excluding hydrogens is 853 g/mol. The molecule has 3 aromatic carbocycles. The Morgan fingerprint density at radius 3 is 2.07 bits per heavy atom. The minimum absolute atomic E-state index is 0.111. The number of alkyl carbamates (subject to hydrolysis) is 2. The number of amides is 4. The second kappa shape index (κ2) is 17.8. The molecule has 3 aliphatic heterocycles. The van der Waals surface area contributed by atoms with Gasteiger partial charge in [-0.3, -0.25) is 9.59 Å². The van der Waals surface area contributed by atoms with E-state index in [9.17, 15) is 19.2 Å². The van der Waals surface area contributed by atoms with E-state index in [-0.39, 0.29) is 36.2 Å². The molecule has 0 bridgehead atoms. The molecule has 16 heteroatoms. The number of likely N-dealkylation sites (tertiary alicyclic amines) is 2. The number of benzene rings is 3. The molecule has 4 fully saturated rings. The first-order valence-corrected chi connectivity index (χ1v) is 23.7. The van der Waals surface area contributed by atoms with Gasteiger partial charge in [0.05, 0.1) is 69.0 Å². The number of fused-ring (bicyclic) bond motifs is 4. The van der Waals surface area contributed by atoms with E-state index >= 15 is 0 Å². The average Bonchev–Trinajstić information content (AvgIpc) is 4.19. The zero-order valence-corrected chi connectivity index (χ0v) is 39.0. The predicted molar refractivity (Wildman–Crippen MR) is 249 cm³/mol. The first-order chi connectivity index (χ1) is 32.3. The van der Waals surface area contributed by atoms with Crippen molar-refractivity contribution in [2.24, 2.45) is 17.8 Å². The fourth-order valence-electron chi connectivity index (χ4n) is 11.2. The van der Waals surface area contributed by atoms with E-state index in [1.165, 1.54) is 49.3 Å². The Labute approximate surface area is 389 Å².